The summed E-state index contributed by atoms with van der Waals surface area (Å²) in [6.45, 7) is 0. The second-order valence-electron chi connectivity index (χ2n) is 2.71. The monoisotopic (exact) mass is 248 g/mol. The maximum absolute atomic E-state index is 12.1. The zero-order valence-corrected chi connectivity index (χ0v) is 8.83. The van der Waals surface area contributed by atoms with E-state index < -0.39 is 17.7 Å². The highest BCUT2D eigenvalue weighted by Gasteiger charge is 2.33. The molecule has 5 nitrogen and oxygen atoms in total. The van der Waals surface area contributed by atoms with Crippen LogP contribution in [0.2, 0.25) is 0 Å². The molecule has 0 radical (unpaired) electrons. The number of aromatic nitrogens is 1. The summed E-state index contributed by atoms with van der Waals surface area (Å²) in [4.78, 5) is 3.66. The van der Waals surface area contributed by atoms with Crippen molar-refractivity contribution in [3.05, 3.63) is 11.6 Å². The van der Waals surface area contributed by atoms with E-state index in [1.807, 2.05) is 0 Å². The number of nitrogens with zero attached hydrogens (tertiary/aromatic N) is 2. The molecule has 8 heteroatoms. The third kappa shape index (κ3) is 3.14. The maximum Gasteiger partial charge on any atom is 0.573 e. The van der Waals surface area contributed by atoms with E-state index in [1.165, 1.54) is 20.3 Å². The SMILES string of the molecule is COc1cc(OC(F)(F)F)c(C#N)c(OC)n1. The normalized spacial score (nSPS) is 10.6. The molecule has 0 amide bonds. The van der Waals surface area contributed by atoms with Gasteiger partial charge in [-0.05, 0) is 0 Å². The van der Waals surface area contributed by atoms with Gasteiger partial charge in [0.15, 0.2) is 11.3 Å². The minimum atomic E-state index is -4.91. The molecule has 17 heavy (non-hydrogen) atoms. The van der Waals surface area contributed by atoms with Gasteiger partial charge in [-0.2, -0.15) is 10.2 Å². The highest BCUT2D eigenvalue weighted by Crippen LogP contribution is 2.33. The van der Waals surface area contributed by atoms with Crippen LogP contribution in [0.5, 0.6) is 17.5 Å². The molecule has 0 bridgehead atoms. The van der Waals surface area contributed by atoms with Crippen LogP contribution in [0.3, 0.4) is 0 Å². The fourth-order valence-corrected chi connectivity index (χ4v) is 1.04. The predicted molar refractivity (Wildman–Crippen MR) is 48.7 cm³/mol. The van der Waals surface area contributed by atoms with Crippen LogP contribution in [0.25, 0.3) is 0 Å². The van der Waals surface area contributed by atoms with E-state index in [0.717, 1.165) is 6.07 Å². The van der Waals surface area contributed by atoms with Gasteiger partial charge in [0, 0.05) is 6.07 Å². The van der Waals surface area contributed by atoms with Crippen molar-refractivity contribution >= 4 is 0 Å². The molecule has 0 atom stereocenters. The van der Waals surface area contributed by atoms with Crippen LogP contribution in [-0.4, -0.2) is 25.6 Å². The van der Waals surface area contributed by atoms with E-state index in [1.54, 1.807) is 0 Å². The van der Waals surface area contributed by atoms with Gasteiger partial charge in [-0.1, -0.05) is 0 Å². The van der Waals surface area contributed by atoms with Gasteiger partial charge >= 0.3 is 6.36 Å². The van der Waals surface area contributed by atoms with Crippen LogP contribution in [0.1, 0.15) is 5.56 Å². The molecule has 0 aliphatic heterocycles. The number of methoxy groups -OCH3 is 2. The van der Waals surface area contributed by atoms with Crippen molar-refractivity contribution < 1.29 is 27.4 Å². The number of rotatable bonds is 3. The number of hydrogen-bond acceptors (Lipinski definition) is 5. The zero-order valence-electron chi connectivity index (χ0n) is 8.83. The molecule has 0 aliphatic carbocycles. The van der Waals surface area contributed by atoms with Crippen LogP contribution < -0.4 is 14.2 Å². The van der Waals surface area contributed by atoms with E-state index >= 15 is 0 Å². The average Bonchev–Trinajstić information content (AvgIpc) is 2.25. The van der Waals surface area contributed by atoms with Crippen LogP contribution >= 0.6 is 0 Å². The largest absolute Gasteiger partial charge is 0.573 e. The minimum absolute atomic E-state index is 0.153. The van der Waals surface area contributed by atoms with Crippen molar-refractivity contribution in [1.29, 1.82) is 5.26 Å². The maximum atomic E-state index is 12.1. The molecule has 0 saturated carbocycles. The van der Waals surface area contributed by atoms with Gasteiger partial charge < -0.3 is 14.2 Å². The van der Waals surface area contributed by atoms with Gasteiger partial charge in [0.1, 0.15) is 6.07 Å². The van der Waals surface area contributed by atoms with Crippen molar-refractivity contribution in [2.75, 3.05) is 14.2 Å². The fraction of sp³-hybridized carbons (Fsp3) is 0.333. The quantitative estimate of drug-likeness (QED) is 0.816. The van der Waals surface area contributed by atoms with Gasteiger partial charge in [-0.15, -0.1) is 13.2 Å². The summed E-state index contributed by atoms with van der Waals surface area (Å²) in [7, 11) is 2.38. The molecule has 0 unspecified atom stereocenters. The Hall–Kier alpha value is -2.17. The summed E-state index contributed by atoms with van der Waals surface area (Å²) in [5.41, 5.74) is -0.453. The van der Waals surface area contributed by atoms with Crippen molar-refractivity contribution in [3.8, 4) is 23.6 Å². The van der Waals surface area contributed by atoms with E-state index in [9.17, 15) is 13.2 Å². The first-order valence-electron chi connectivity index (χ1n) is 4.20. The van der Waals surface area contributed by atoms with Gasteiger partial charge in [0.2, 0.25) is 11.8 Å². The Bertz CT molecular complexity index is 454. The van der Waals surface area contributed by atoms with Crippen molar-refractivity contribution in [3.63, 3.8) is 0 Å². The molecule has 0 aliphatic rings. The molecule has 0 saturated heterocycles. The summed E-state index contributed by atoms with van der Waals surface area (Å²) in [5.74, 6) is -1.17. The van der Waals surface area contributed by atoms with Gasteiger partial charge in [-0.3, -0.25) is 0 Å². The van der Waals surface area contributed by atoms with Crippen molar-refractivity contribution in [2.45, 2.75) is 6.36 Å². The van der Waals surface area contributed by atoms with E-state index in [0.29, 0.717) is 0 Å². The average molecular weight is 248 g/mol. The Morgan fingerprint density at radius 2 is 1.94 bits per heavy atom. The Morgan fingerprint density at radius 1 is 1.29 bits per heavy atom. The predicted octanol–water partition coefficient (Wildman–Crippen LogP) is 1.87. The first-order valence-corrected chi connectivity index (χ1v) is 4.20. The first kappa shape index (κ1) is 12.9. The third-order valence-corrected chi connectivity index (χ3v) is 1.67. The lowest BCUT2D eigenvalue weighted by atomic mass is 10.2. The smallest absolute Gasteiger partial charge is 0.481 e. The Kier molecular flexibility index (Phi) is 3.62. The van der Waals surface area contributed by atoms with Crippen LogP contribution in [0.4, 0.5) is 13.2 Å². The van der Waals surface area contributed by atoms with E-state index in [2.05, 4.69) is 19.2 Å². The summed E-state index contributed by atoms with van der Waals surface area (Å²) in [6, 6.07) is 2.38. The van der Waals surface area contributed by atoms with Crippen molar-refractivity contribution in [2.24, 2.45) is 0 Å². The Morgan fingerprint density at radius 3 is 2.35 bits per heavy atom. The number of ether oxygens (including phenoxy) is 3. The minimum Gasteiger partial charge on any atom is -0.481 e. The molecule has 1 aromatic heterocycles. The molecule has 1 aromatic rings. The first-order chi connectivity index (χ1) is 7.91. The summed E-state index contributed by atoms with van der Waals surface area (Å²) < 4.78 is 49.3. The van der Waals surface area contributed by atoms with Crippen molar-refractivity contribution in [1.82, 2.24) is 4.98 Å². The summed E-state index contributed by atoms with van der Waals surface area (Å²) in [6.07, 6.45) is -4.91. The topological polar surface area (TPSA) is 64.4 Å². The Labute approximate surface area is 94.3 Å². The summed E-state index contributed by atoms with van der Waals surface area (Å²) in [5, 5.41) is 8.73. The summed E-state index contributed by atoms with van der Waals surface area (Å²) >= 11 is 0. The number of nitriles is 1. The third-order valence-electron chi connectivity index (χ3n) is 1.67. The van der Waals surface area contributed by atoms with Gasteiger partial charge in [0.25, 0.3) is 0 Å². The van der Waals surface area contributed by atoms with Gasteiger partial charge in [-0.25, -0.2) is 0 Å². The van der Waals surface area contributed by atoms with Crippen LogP contribution in [-0.2, 0) is 0 Å². The number of hydrogen-bond donors (Lipinski definition) is 0. The molecule has 1 rings (SSSR count). The van der Waals surface area contributed by atoms with E-state index in [4.69, 9.17) is 5.26 Å². The number of halogens is 3. The van der Waals surface area contributed by atoms with Gasteiger partial charge in [0.05, 0.1) is 14.2 Å². The molecular formula is C9H7F3N2O3. The second-order valence-corrected chi connectivity index (χ2v) is 2.71. The molecule has 1 heterocycles. The highest BCUT2D eigenvalue weighted by molar-refractivity contribution is 5.51. The highest BCUT2D eigenvalue weighted by atomic mass is 19.4. The standard InChI is InChI=1S/C9H7F3N2O3/c1-15-7-3-6(17-9(10,11)12)5(4-13)8(14-7)16-2/h3H,1-2H3. The van der Waals surface area contributed by atoms with Crippen LogP contribution in [0, 0.1) is 11.3 Å². The molecule has 0 spiro atoms. The fourth-order valence-electron chi connectivity index (χ4n) is 1.04. The molecule has 0 aromatic carbocycles. The van der Waals surface area contributed by atoms with E-state index in [-0.39, 0.29) is 11.8 Å². The number of alkyl halides is 3. The molecule has 92 valence electrons. The molecular weight excluding hydrogens is 241 g/mol. The molecule has 0 N–H and O–H groups in total. The second kappa shape index (κ2) is 4.78. The lowest BCUT2D eigenvalue weighted by molar-refractivity contribution is -0.274. The zero-order chi connectivity index (χ0) is 13.1. The number of pyridine rings is 1. The lowest BCUT2D eigenvalue weighted by Gasteiger charge is -2.12. The van der Waals surface area contributed by atoms with Crippen LogP contribution in [0.15, 0.2) is 6.07 Å². The molecule has 0 fully saturated rings. The Balaban J connectivity index is 3.31. The lowest BCUT2D eigenvalue weighted by Crippen LogP contribution is -2.18.